The minimum atomic E-state index is -0.276. The second-order valence-electron chi connectivity index (χ2n) is 7.38. The number of ether oxygens (including phenoxy) is 1. The van der Waals surface area contributed by atoms with Crippen LogP contribution in [0.2, 0.25) is 0 Å². The summed E-state index contributed by atoms with van der Waals surface area (Å²) in [5.41, 5.74) is 2.47. The molecule has 2 saturated heterocycles. The lowest BCUT2D eigenvalue weighted by Crippen LogP contribution is -2.43. The Hall–Kier alpha value is -1.81. The number of phenols is 1. The molecule has 2 bridgehead atoms. The average Bonchev–Trinajstić information content (AvgIpc) is 2.75. The standard InChI is InChI=1S/C20H27NO3/c1-13(2)4-5-14-10-15(6-9-19(14)22)20(23)24-18-11-16-7-8-17(12-18)21(16)3/h4,6,9-10,16-18,22H,5,7-8,11-12H2,1-3H3/t16-,17+,18?. The number of fused-ring (bicyclic) bond motifs is 2. The second kappa shape index (κ2) is 6.98. The molecule has 1 aromatic carbocycles. The molecule has 0 aromatic heterocycles. The number of nitrogens with zero attached hydrogens (tertiary/aromatic N) is 1. The van der Waals surface area contributed by atoms with Crippen molar-refractivity contribution in [3.8, 4) is 5.75 Å². The van der Waals surface area contributed by atoms with Gasteiger partial charge in [-0.15, -0.1) is 0 Å². The van der Waals surface area contributed by atoms with E-state index in [1.165, 1.54) is 18.4 Å². The number of piperidine rings is 1. The van der Waals surface area contributed by atoms with Crippen molar-refractivity contribution in [2.24, 2.45) is 0 Å². The van der Waals surface area contributed by atoms with Crippen molar-refractivity contribution >= 4 is 5.97 Å². The summed E-state index contributed by atoms with van der Waals surface area (Å²) in [7, 11) is 2.18. The Balaban J connectivity index is 1.67. The van der Waals surface area contributed by atoms with Crippen molar-refractivity contribution in [3.63, 3.8) is 0 Å². The van der Waals surface area contributed by atoms with Gasteiger partial charge in [-0.05, 0) is 63.9 Å². The zero-order valence-corrected chi connectivity index (χ0v) is 14.8. The van der Waals surface area contributed by atoms with Crippen molar-refractivity contribution in [2.45, 2.75) is 64.1 Å². The van der Waals surface area contributed by atoms with Crippen LogP contribution in [0.15, 0.2) is 29.8 Å². The van der Waals surface area contributed by atoms with Crippen molar-refractivity contribution in [1.82, 2.24) is 4.90 Å². The SMILES string of the molecule is CC(C)=CCc1cc(C(=O)OC2C[C@H]3CC[C@@H](C2)N3C)ccc1O. The van der Waals surface area contributed by atoms with Gasteiger partial charge in [0.1, 0.15) is 11.9 Å². The van der Waals surface area contributed by atoms with Gasteiger partial charge < -0.3 is 14.7 Å². The maximum absolute atomic E-state index is 12.5. The van der Waals surface area contributed by atoms with E-state index < -0.39 is 0 Å². The molecule has 0 saturated carbocycles. The van der Waals surface area contributed by atoms with Gasteiger partial charge in [0.25, 0.3) is 0 Å². The highest BCUT2D eigenvalue weighted by molar-refractivity contribution is 5.90. The van der Waals surface area contributed by atoms with Gasteiger partial charge in [0.15, 0.2) is 0 Å². The smallest absolute Gasteiger partial charge is 0.338 e. The molecular formula is C20H27NO3. The number of hydrogen-bond donors (Lipinski definition) is 1. The fourth-order valence-corrected chi connectivity index (χ4v) is 3.87. The van der Waals surface area contributed by atoms with Gasteiger partial charge in [-0.1, -0.05) is 11.6 Å². The fourth-order valence-electron chi connectivity index (χ4n) is 3.87. The Morgan fingerprint density at radius 1 is 1.29 bits per heavy atom. The minimum Gasteiger partial charge on any atom is -0.508 e. The number of rotatable bonds is 4. The summed E-state index contributed by atoms with van der Waals surface area (Å²) >= 11 is 0. The van der Waals surface area contributed by atoms with Crippen LogP contribution in [0.4, 0.5) is 0 Å². The van der Waals surface area contributed by atoms with E-state index in [0.29, 0.717) is 24.1 Å². The number of aromatic hydroxyl groups is 1. The van der Waals surface area contributed by atoms with Crippen molar-refractivity contribution in [3.05, 3.63) is 41.0 Å². The number of phenolic OH excluding ortho intramolecular Hbond substituents is 1. The summed E-state index contributed by atoms with van der Waals surface area (Å²) in [6.45, 7) is 4.03. The van der Waals surface area contributed by atoms with Crippen LogP contribution < -0.4 is 0 Å². The summed E-state index contributed by atoms with van der Waals surface area (Å²) < 4.78 is 5.76. The highest BCUT2D eigenvalue weighted by atomic mass is 16.5. The average molecular weight is 329 g/mol. The van der Waals surface area contributed by atoms with E-state index >= 15 is 0 Å². The predicted octanol–water partition coefficient (Wildman–Crippen LogP) is 3.68. The Kier molecular flexibility index (Phi) is 4.95. The number of hydrogen-bond acceptors (Lipinski definition) is 4. The van der Waals surface area contributed by atoms with Gasteiger partial charge in [-0.3, -0.25) is 0 Å². The van der Waals surface area contributed by atoms with Gasteiger partial charge in [-0.2, -0.15) is 0 Å². The molecule has 24 heavy (non-hydrogen) atoms. The van der Waals surface area contributed by atoms with Crippen LogP contribution in [0, 0.1) is 0 Å². The first-order valence-electron chi connectivity index (χ1n) is 8.82. The van der Waals surface area contributed by atoms with Crippen LogP contribution >= 0.6 is 0 Å². The first kappa shape index (κ1) is 17.0. The van der Waals surface area contributed by atoms with Crippen molar-refractivity contribution in [1.29, 1.82) is 0 Å². The summed E-state index contributed by atoms with van der Waals surface area (Å²) in [5, 5.41) is 9.97. The lowest BCUT2D eigenvalue weighted by molar-refractivity contribution is -0.000458. The zero-order valence-electron chi connectivity index (χ0n) is 14.8. The first-order chi connectivity index (χ1) is 11.4. The Bertz CT molecular complexity index is 634. The topological polar surface area (TPSA) is 49.8 Å². The molecule has 2 aliphatic heterocycles. The molecule has 3 atom stereocenters. The molecule has 3 rings (SSSR count). The quantitative estimate of drug-likeness (QED) is 0.676. The number of carbonyl (C=O) groups excluding carboxylic acids is 1. The predicted molar refractivity (Wildman–Crippen MR) is 94.3 cm³/mol. The van der Waals surface area contributed by atoms with Gasteiger partial charge in [-0.25, -0.2) is 4.79 Å². The Morgan fingerprint density at radius 2 is 1.96 bits per heavy atom. The third kappa shape index (κ3) is 3.64. The molecule has 1 N–H and O–H groups in total. The summed E-state index contributed by atoms with van der Waals surface area (Å²) in [5.74, 6) is -0.0520. The fraction of sp³-hybridized carbons (Fsp3) is 0.550. The van der Waals surface area contributed by atoms with E-state index in [2.05, 4.69) is 11.9 Å². The first-order valence-corrected chi connectivity index (χ1v) is 8.82. The van der Waals surface area contributed by atoms with Crippen LogP contribution in [0.25, 0.3) is 0 Å². The third-order valence-corrected chi connectivity index (χ3v) is 5.37. The van der Waals surface area contributed by atoms with Crippen LogP contribution in [-0.4, -0.2) is 41.2 Å². The Labute approximate surface area is 144 Å². The van der Waals surface area contributed by atoms with Gasteiger partial charge in [0.2, 0.25) is 0 Å². The molecule has 1 aromatic rings. The number of allylic oxidation sites excluding steroid dienone is 2. The molecule has 0 radical (unpaired) electrons. The van der Waals surface area contributed by atoms with Gasteiger partial charge >= 0.3 is 5.97 Å². The highest BCUT2D eigenvalue weighted by Crippen LogP contribution is 2.35. The molecule has 130 valence electrons. The molecule has 1 unspecified atom stereocenters. The second-order valence-corrected chi connectivity index (χ2v) is 7.38. The molecule has 2 heterocycles. The maximum Gasteiger partial charge on any atom is 0.338 e. The molecule has 0 amide bonds. The van der Waals surface area contributed by atoms with E-state index in [1.807, 2.05) is 19.9 Å². The molecule has 0 aliphatic carbocycles. The Morgan fingerprint density at radius 3 is 2.58 bits per heavy atom. The number of carbonyl (C=O) groups is 1. The van der Waals surface area contributed by atoms with Crippen molar-refractivity contribution < 1.29 is 14.6 Å². The van der Waals surface area contributed by atoms with Crippen molar-refractivity contribution in [2.75, 3.05) is 7.05 Å². The number of esters is 1. The van der Waals surface area contributed by atoms with E-state index in [0.717, 1.165) is 18.4 Å². The summed E-state index contributed by atoms with van der Waals surface area (Å²) in [6.07, 6.45) is 6.96. The van der Waals surface area contributed by atoms with Crippen LogP contribution in [0.3, 0.4) is 0 Å². The molecule has 4 nitrogen and oxygen atoms in total. The molecule has 2 fully saturated rings. The molecule has 2 aliphatic rings. The lowest BCUT2D eigenvalue weighted by Gasteiger charge is -2.35. The van der Waals surface area contributed by atoms with E-state index in [4.69, 9.17) is 4.74 Å². The zero-order chi connectivity index (χ0) is 17.3. The van der Waals surface area contributed by atoms with Crippen LogP contribution in [0.5, 0.6) is 5.75 Å². The van der Waals surface area contributed by atoms with Gasteiger partial charge in [0.05, 0.1) is 5.56 Å². The summed E-state index contributed by atoms with van der Waals surface area (Å²) in [4.78, 5) is 14.9. The molecular weight excluding hydrogens is 302 g/mol. The van der Waals surface area contributed by atoms with Gasteiger partial charge in [0, 0.05) is 24.9 Å². The minimum absolute atomic E-state index is 0.0150. The molecule has 0 spiro atoms. The normalized spacial score (nSPS) is 26.2. The van der Waals surface area contributed by atoms with Crippen LogP contribution in [-0.2, 0) is 11.2 Å². The van der Waals surface area contributed by atoms with E-state index in [9.17, 15) is 9.90 Å². The number of benzene rings is 1. The monoisotopic (exact) mass is 329 g/mol. The molecule has 4 heteroatoms. The maximum atomic E-state index is 12.5. The van der Waals surface area contributed by atoms with E-state index in [-0.39, 0.29) is 17.8 Å². The summed E-state index contributed by atoms with van der Waals surface area (Å²) in [6, 6.07) is 6.08. The van der Waals surface area contributed by atoms with Crippen LogP contribution in [0.1, 0.15) is 55.5 Å². The highest BCUT2D eigenvalue weighted by Gasteiger charge is 2.39. The largest absolute Gasteiger partial charge is 0.508 e. The van der Waals surface area contributed by atoms with E-state index in [1.54, 1.807) is 18.2 Å². The lowest BCUT2D eigenvalue weighted by atomic mass is 10.0. The third-order valence-electron chi connectivity index (χ3n) is 5.37.